The van der Waals surface area contributed by atoms with Gasteiger partial charge in [-0.15, -0.1) is 0 Å². The molecule has 0 radical (unpaired) electrons. The minimum atomic E-state index is -0.532. The van der Waals surface area contributed by atoms with Crippen molar-refractivity contribution in [1.82, 2.24) is 9.88 Å². The predicted octanol–water partition coefficient (Wildman–Crippen LogP) is 6.46. The maximum atomic E-state index is 13.3. The number of hydrogen-bond acceptors (Lipinski definition) is 3. The van der Waals surface area contributed by atoms with Crippen molar-refractivity contribution in [3.8, 4) is 0 Å². The molecular formula is C29H26FN3O3. The Morgan fingerprint density at radius 1 is 1.06 bits per heavy atom. The van der Waals surface area contributed by atoms with Crippen molar-refractivity contribution in [2.45, 2.75) is 25.9 Å². The third-order valence-electron chi connectivity index (χ3n) is 6.30. The summed E-state index contributed by atoms with van der Waals surface area (Å²) in [5, 5.41) is 3.76. The van der Waals surface area contributed by atoms with Gasteiger partial charge >= 0.3 is 6.09 Å². The summed E-state index contributed by atoms with van der Waals surface area (Å²) in [6.07, 6.45) is 3.11. The van der Waals surface area contributed by atoms with Gasteiger partial charge in [0.05, 0.1) is 0 Å². The van der Waals surface area contributed by atoms with Gasteiger partial charge in [0.15, 0.2) is 0 Å². The summed E-state index contributed by atoms with van der Waals surface area (Å²) in [5.74, 6) is -0.578. The number of amides is 2. The summed E-state index contributed by atoms with van der Waals surface area (Å²) in [6, 6.07) is 20.7. The molecule has 2 N–H and O–H groups in total. The Hall–Kier alpha value is -4.39. The quantitative estimate of drug-likeness (QED) is 0.350. The van der Waals surface area contributed by atoms with E-state index in [-0.39, 0.29) is 18.3 Å². The molecule has 1 aromatic heterocycles. The fourth-order valence-corrected chi connectivity index (χ4v) is 4.64. The molecule has 0 fully saturated rings. The van der Waals surface area contributed by atoms with E-state index in [1.165, 1.54) is 24.3 Å². The summed E-state index contributed by atoms with van der Waals surface area (Å²) in [5.41, 5.74) is 4.40. The number of halogens is 1. The molecule has 2 heterocycles. The van der Waals surface area contributed by atoms with E-state index in [0.717, 1.165) is 27.7 Å². The number of rotatable bonds is 4. The zero-order valence-corrected chi connectivity index (χ0v) is 20.0. The van der Waals surface area contributed by atoms with Crippen LogP contribution in [0.4, 0.5) is 14.9 Å². The SMILES string of the molecule is CC1(C)CN(C(=O)c2ccc(F)cc2)C=Cc2[nH]c3ccc(NC(=O)OCc4ccccc4)cc3c21. The molecule has 36 heavy (non-hydrogen) atoms. The van der Waals surface area contributed by atoms with Crippen molar-refractivity contribution < 1.29 is 18.7 Å². The minimum Gasteiger partial charge on any atom is -0.444 e. The zero-order chi connectivity index (χ0) is 25.3. The molecular weight excluding hydrogens is 457 g/mol. The van der Waals surface area contributed by atoms with Crippen molar-refractivity contribution in [1.29, 1.82) is 0 Å². The van der Waals surface area contributed by atoms with Gasteiger partial charge in [-0.3, -0.25) is 10.1 Å². The third kappa shape index (κ3) is 4.73. The average Bonchev–Trinajstić information content (AvgIpc) is 3.18. The first-order chi connectivity index (χ1) is 17.3. The average molecular weight is 484 g/mol. The highest BCUT2D eigenvalue weighted by atomic mass is 19.1. The number of carbonyl (C=O) groups is 2. The number of nitrogens with zero attached hydrogens (tertiary/aromatic N) is 1. The summed E-state index contributed by atoms with van der Waals surface area (Å²) < 4.78 is 18.7. The van der Waals surface area contributed by atoms with E-state index in [1.54, 1.807) is 11.1 Å². The summed E-state index contributed by atoms with van der Waals surface area (Å²) in [6.45, 7) is 4.76. The number of nitrogens with one attached hydrogen (secondary N) is 2. The molecule has 7 heteroatoms. The van der Waals surface area contributed by atoms with E-state index in [1.807, 2.05) is 54.6 Å². The van der Waals surface area contributed by atoms with Crippen LogP contribution in [0, 0.1) is 5.82 Å². The Kier molecular flexibility index (Phi) is 6.06. The van der Waals surface area contributed by atoms with Crippen LogP contribution in [0.15, 0.2) is 79.0 Å². The molecule has 0 bridgehead atoms. The molecule has 1 aliphatic rings. The lowest BCUT2D eigenvalue weighted by molar-refractivity contribution is 0.0801. The summed E-state index contributed by atoms with van der Waals surface area (Å²) in [4.78, 5) is 30.6. The van der Waals surface area contributed by atoms with Crippen molar-refractivity contribution in [3.05, 3.63) is 107 Å². The molecule has 0 spiro atoms. The standard InChI is InChI=1S/C29H26FN3O3/c1-29(2)18-33(27(34)20-8-10-21(30)11-9-20)15-14-25-26(29)23-16-22(12-13-24(23)32-25)31-28(35)36-17-19-6-4-3-5-7-19/h3-16,32H,17-18H2,1-2H3,(H,31,35). The van der Waals surface area contributed by atoms with Gasteiger partial charge in [-0.1, -0.05) is 44.2 Å². The van der Waals surface area contributed by atoms with Gasteiger partial charge in [0.2, 0.25) is 0 Å². The molecule has 4 aromatic rings. The van der Waals surface area contributed by atoms with Crippen molar-refractivity contribution in [2.24, 2.45) is 0 Å². The Bertz CT molecular complexity index is 1460. The number of benzene rings is 3. The largest absolute Gasteiger partial charge is 0.444 e. The van der Waals surface area contributed by atoms with E-state index in [9.17, 15) is 14.0 Å². The van der Waals surface area contributed by atoms with Gasteiger partial charge in [-0.2, -0.15) is 0 Å². The van der Waals surface area contributed by atoms with Crippen molar-refractivity contribution in [3.63, 3.8) is 0 Å². The lowest BCUT2D eigenvalue weighted by Crippen LogP contribution is -2.36. The number of anilines is 1. The van der Waals surface area contributed by atoms with Crippen LogP contribution in [-0.4, -0.2) is 28.4 Å². The van der Waals surface area contributed by atoms with Crippen LogP contribution in [0.5, 0.6) is 0 Å². The van der Waals surface area contributed by atoms with Crippen LogP contribution >= 0.6 is 0 Å². The van der Waals surface area contributed by atoms with Crippen LogP contribution in [0.2, 0.25) is 0 Å². The maximum Gasteiger partial charge on any atom is 0.411 e. The normalized spacial score (nSPS) is 14.2. The van der Waals surface area contributed by atoms with Gasteiger partial charge < -0.3 is 14.6 Å². The number of fused-ring (bicyclic) bond motifs is 3. The zero-order valence-electron chi connectivity index (χ0n) is 20.0. The second kappa shape index (κ2) is 9.34. The number of hydrogen-bond donors (Lipinski definition) is 2. The topological polar surface area (TPSA) is 74.4 Å². The summed E-state index contributed by atoms with van der Waals surface area (Å²) >= 11 is 0. The molecule has 2 amide bonds. The fourth-order valence-electron chi connectivity index (χ4n) is 4.64. The molecule has 5 rings (SSSR count). The number of aromatic nitrogens is 1. The first-order valence-corrected chi connectivity index (χ1v) is 11.7. The molecule has 0 aliphatic carbocycles. The van der Waals surface area contributed by atoms with E-state index < -0.39 is 11.5 Å². The van der Waals surface area contributed by atoms with Crippen LogP contribution < -0.4 is 5.32 Å². The molecule has 182 valence electrons. The van der Waals surface area contributed by atoms with Gasteiger partial charge in [-0.25, -0.2) is 9.18 Å². The molecule has 6 nitrogen and oxygen atoms in total. The van der Waals surface area contributed by atoms with E-state index in [2.05, 4.69) is 24.1 Å². The Morgan fingerprint density at radius 2 is 1.81 bits per heavy atom. The number of H-pyrrole nitrogens is 1. The summed E-state index contributed by atoms with van der Waals surface area (Å²) in [7, 11) is 0. The van der Waals surface area contributed by atoms with E-state index in [4.69, 9.17) is 4.74 Å². The smallest absolute Gasteiger partial charge is 0.411 e. The first-order valence-electron chi connectivity index (χ1n) is 11.7. The Labute approximate surface area is 208 Å². The second-order valence-corrected chi connectivity index (χ2v) is 9.50. The van der Waals surface area contributed by atoms with Crippen LogP contribution in [0.25, 0.3) is 17.0 Å². The monoisotopic (exact) mass is 483 g/mol. The molecule has 0 saturated carbocycles. The molecule has 0 unspecified atom stereocenters. The predicted molar refractivity (Wildman–Crippen MR) is 138 cm³/mol. The Balaban J connectivity index is 1.37. The first kappa shape index (κ1) is 23.4. The van der Waals surface area contributed by atoms with Crippen LogP contribution in [-0.2, 0) is 16.8 Å². The maximum absolute atomic E-state index is 13.3. The van der Waals surface area contributed by atoms with Gasteiger partial charge in [-0.05, 0) is 59.7 Å². The number of carbonyl (C=O) groups excluding carboxylic acids is 2. The fraction of sp³-hybridized carbons (Fsp3) is 0.172. The highest BCUT2D eigenvalue weighted by Crippen LogP contribution is 2.38. The highest BCUT2D eigenvalue weighted by molar-refractivity contribution is 5.97. The van der Waals surface area contributed by atoms with Gasteiger partial charge in [0.1, 0.15) is 12.4 Å². The molecule has 0 atom stereocenters. The molecule has 0 saturated heterocycles. The molecule has 3 aromatic carbocycles. The lowest BCUT2D eigenvalue weighted by Gasteiger charge is -2.30. The van der Waals surface area contributed by atoms with Gasteiger partial charge in [0.25, 0.3) is 5.91 Å². The number of ether oxygens (including phenoxy) is 1. The number of aromatic amines is 1. The van der Waals surface area contributed by atoms with Crippen LogP contribution in [0.3, 0.4) is 0 Å². The molecule has 1 aliphatic heterocycles. The third-order valence-corrected chi connectivity index (χ3v) is 6.30. The Morgan fingerprint density at radius 3 is 2.56 bits per heavy atom. The van der Waals surface area contributed by atoms with Crippen molar-refractivity contribution in [2.75, 3.05) is 11.9 Å². The van der Waals surface area contributed by atoms with E-state index in [0.29, 0.717) is 17.8 Å². The lowest BCUT2D eigenvalue weighted by atomic mass is 9.82. The second-order valence-electron chi connectivity index (χ2n) is 9.50. The van der Waals surface area contributed by atoms with Crippen LogP contribution in [0.1, 0.15) is 41.0 Å². The van der Waals surface area contributed by atoms with Gasteiger partial charge in [0, 0.05) is 46.0 Å². The van der Waals surface area contributed by atoms with Crippen molar-refractivity contribution >= 4 is 34.7 Å². The van der Waals surface area contributed by atoms with E-state index >= 15 is 0 Å². The minimum absolute atomic E-state index is 0.185. The highest BCUT2D eigenvalue weighted by Gasteiger charge is 2.33.